The lowest BCUT2D eigenvalue weighted by atomic mass is 10.1. The second kappa shape index (κ2) is 7.05. The molecule has 1 fully saturated rings. The number of carbonyl (C=O) groups is 1. The summed E-state index contributed by atoms with van der Waals surface area (Å²) < 4.78 is 0. The first kappa shape index (κ1) is 17.8. The van der Waals surface area contributed by atoms with Gasteiger partial charge in [0.2, 0.25) is 0 Å². The Morgan fingerprint density at radius 1 is 1.23 bits per heavy atom. The predicted octanol–water partition coefficient (Wildman–Crippen LogP) is 3.73. The molecule has 1 saturated heterocycles. The van der Waals surface area contributed by atoms with Gasteiger partial charge in [0.15, 0.2) is 5.11 Å². The smallest absolute Gasteiger partial charge is 0.281 e. The number of hydrogen-bond donors (Lipinski definition) is 1. The van der Waals surface area contributed by atoms with Crippen molar-refractivity contribution in [3.8, 4) is 0 Å². The molecular weight excluding hydrogens is 350 g/mol. The molecule has 0 saturated carbocycles. The van der Waals surface area contributed by atoms with Crippen LogP contribution in [0.2, 0.25) is 0 Å². The maximum absolute atomic E-state index is 12.7. The van der Waals surface area contributed by atoms with E-state index in [1.54, 1.807) is 18.2 Å². The third-order valence-electron chi connectivity index (χ3n) is 4.17. The molecule has 0 radical (unpaired) electrons. The predicted molar refractivity (Wildman–Crippen MR) is 105 cm³/mol. The number of aryl methyl sites for hydroxylation is 2. The third-order valence-corrected chi connectivity index (χ3v) is 4.45. The van der Waals surface area contributed by atoms with Gasteiger partial charge in [-0.3, -0.25) is 19.8 Å². The third kappa shape index (κ3) is 3.34. The fraction of sp³-hybridized carbons (Fsp3) is 0.158. The molecule has 26 heavy (non-hydrogen) atoms. The fourth-order valence-corrected chi connectivity index (χ4v) is 3.07. The van der Waals surface area contributed by atoms with E-state index in [0.29, 0.717) is 23.2 Å². The van der Waals surface area contributed by atoms with Crippen LogP contribution in [0.25, 0.3) is 6.08 Å². The molecule has 1 amide bonds. The number of nitrogens with one attached hydrogen (secondary N) is 1. The largest absolute Gasteiger partial charge is 0.327 e. The minimum Gasteiger partial charge on any atom is -0.327 e. The molecular formula is C19H17N3O3S. The van der Waals surface area contributed by atoms with E-state index in [1.807, 2.05) is 38.1 Å². The Bertz CT molecular complexity index is 936. The van der Waals surface area contributed by atoms with Crippen molar-refractivity contribution in [2.24, 2.45) is 0 Å². The molecule has 3 rings (SSSR count). The van der Waals surface area contributed by atoms with Crippen molar-refractivity contribution in [3.05, 3.63) is 75.0 Å². The van der Waals surface area contributed by atoms with Gasteiger partial charge in [-0.15, -0.1) is 0 Å². The molecule has 0 unspecified atom stereocenters. The van der Waals surface area contributed by atoms with E-state index in [9.17, 15) is 14.9 Å². The van der Waals surface area contributed by atoms with Gasteiger partial charge in [0.05, 0.1) is 10.6 Å². The quantitative estimate of drug-likeness (QED) is 0.386. The van der Waals surface area contributed by atoms with Gasteiger partial charge >= 0.3 is 0 Å². The van der Waals surface area contributed by atoms with Crippen LogP contribution in [-0.2, 0) is 11.2 Å². The SMILES string of the molecule is CCc1ccc(/C=C2\NC(=S)N(c3ccc(C)cc3)C2=O)cc1[N+](=O)[O-]. The number of amides is 1. The molecule has 1 N–H and O–H groups in total. The molecule has 0 aliphatic carbocycles. The van der Waals surface area contributed by atoms with Gasteiger partial charge in [0.25, 0.3) is 11.6 Å². The highest BCUT2D eigenvalue weighted by molar-refractivity contribution is 7.80. The van der Waals surface area contributed by atoms with Crippen LogP contribution >= 0.6 is 12.2 Å². The minimum atomic E-state index is -0.409. The number of nitro benzene ring substituents is 1. The lowest BCUT2D eigenvalue weighted by molar-refractivity contribution is -0.385. The number of nitro groups is 1. The molecule has 1 heterocycles. The van der Waals surface area contributed by atoms with Crippen LogP contribution in [0.3, 0.4) is 0 Å². The van der Waals surface area contributed by atoms with Crippen molar-refractivity contribution in [2.45, 2.75) is 20.3 Å². The molecule has 132 valence electrons. The monoisotopic (exact) mass is 367 g/mol. The molecule has 1 aliphatic heterocycles. The molecule has 0 bridgehead atoms. The summed E-state index contributed by atoms with van der Waals surface area (Å²) in [7, 11) is 0. The highest BCUT2D eigenvalue weighted by Crippen LogP contribution is 2.25. The molecule has 0 spiro atoms. The topological polar surface area (TPSA) is 75.5 Å². The number of carbonyl (C=O) groups excluding carboxylic acids is 1. The van der Waals surface area contributed by atoms with Crippen molar-refractivity contribution in [1.82, 2.24) is 5.32 Å². The highest BCUT2D eigenvalue weighted by Gasteiger charge is 2.32. The van der Waals surface area contributed by atoms with Gasteiger partial charge in [0.1, 0.15) is 5.70 Å². The average molecular weight is 367 g/mol. The lowest BCUT2D eigenvalue weighted by Crippen LogP contribution is -2.30. The van der Waals surface area contributed by atoms with Crippen molar-refractivity contribution >= 4 is 40.7 Å². The molecule has 7 heteroatoms. The molecule has 6 nitrogen and oxygen atoms in total. The van der Waals surface area contributed by atoms with Crippen LogP contribution in [-0.4, -0.2) is 15.9 Å². The van der Waals surface area contributed by atoms with Crippen molar-refractivity contribution in [1.29, 1.82) is 0 Å². The van der Waals surface area contributed by atoms with Crippen molar-refractivity contribution in [3.63, 3.8) is 0 Å². The second-order valence-electron chi connectivity index (χ2n) is 5.96. The zero-order valence-corrected chi connectivity index (χ0v) is 15.2. The number of hydrogen-bond acceptors (Lipinski definition) is 4. The number of nitrogens with zero attached hydrogens (tertiary/aromatic N) is 2. The summed E-state index contributed by atoms with van der Waals surface area (Å²) >= 11 is 5.28. The molecule has 0 aromatic heterocycles. The van der Waals surface area contributed by atoms with Crippen molar-refractivity contribution in [2.75, 3.05) is 4.90 Å². The fourth-order valence-electron chi connectivity index (χ4n) is 2.77. The Kier molecular flexibility index (Phi) is 4.81. The Hall–Kier alpha value is -3.06. The first-order valence-corrected chi connectivity index (χ1v) is 8.52. The van der Waals surface area contributed by atoms with Crippen LogP contribution in [0.4, 0.5) is 11.4 Å². The minimum absolute atomic E-state index is 0.0465. The molecule has 1 aliphatic rings. The summed E-state index contributed by atoms with van der Waals surface area (Å²) in [6.45, 7) is 3.82. The Labute approximate surface area is 156 Å². The van der Waals surface area contributed by atoms with Crippen LogP contribution in [0, 0.1) is 17.0 Å². The second-order valence-corrected chi connectivity index (χ2v) is 6.35. The van der Waals surface area contributed by atoms with E-state index < -0.39 is 4.92 Å². The van der Waals surface area contributed by atoms with Gasteiger partial charge in [-0.25, -0.2) is 0 Å². The lowest BCUT2D eigenvalue weighted by Gasteiger charge is -2.13. The number of benzene rings is 2. The normalized spacial score (nSPS) is 15.5. The van der Waals surface area contributed by atoms with Crippen LogP contribution in [0.1, 0.15) is 23.6 Å². The zero-order chi connectivity index (χ0) is 18.8. The Morgan fingerprint density at radius 2 is 1.92 bits per heavy atom. The summed E-state index contributed by atoms with van der Waals surface area (Å²) in [5, 5.41) is 14.4. The van der Waals surface area contributed by atoms with Gasteiger partial charge in [-0.2, -0.15) is 0 Å². The molecule has 2 aromatic carbocycles. The van der Waals surface area contributed by atoms with Gasteiger partial charge < -0.3 is 5.32 Å². The van der Waals surface area contributed by atoms with Gasteiger partial charge in [-0.1, -0.05) is 36.8 Å². The number of rotatable bonds is 4. The first-order chi connectivity index (χ1) is 12.4. The highest BCUT2D eigenvalue weighted by atomic mass is 32.1. The Morgan fingerprint density at radius 3 is 2.54 bits per heavy atom. The van der Waals surface area contributed by atoms with E-state index >= 15 is 0 Å². The summed E-state index contributed by atoms with van der Waals surface area (Å²) in [4.78, 5) is 24.9. The summed E-state index contributed by atoms with van der Waals surface area (Å²) in [5.74, 6) is -0.291. The zero-order valence-electron chi connectivity index (χ0n) is 14.4. The number of anilines is 1. The summed E-state index contributed by atoms with van der Waals surface area (Å²) in [6.07, 6.45) is 2.14. The standard InChI is InChI=1S/C19H17N3O3S/c1-3-14-7-6-13(11-17(14)22(24)25)10-16-18(23)21(19(26)20-16)15-8-4-12(2)5-9-15/h4-11H,3H2,1-2H3,(H,20,26)/b16-10-. The summed E-state index contributed by atoms with van der Waals surface area (Å²) in [5.41, 5.74) is 3.31. The average Bonchev–Trinajstić information content (AvgIpc) is 2.89. The van der Waals surface area contributed by atoms with Crippen molar-refractivity contribution < 1.29 is 9.72 Å². The number of thiocarbonyl (C=S) groups is 1. The van der Waals surface area contributed by atoms with E-state index in [4.69, 9.17) is 12.2 Å². The van der Waals surface area contributed by atoms with Crippen LogP contribution in [0.5, 0.6) is 0 Å². The van der Waals surface area contributed by atoms with E-state index in [-0.39, 0.29) is 22.4 Å². The molecule has 0 atom stereocenters. The summed E-state index contributed by atoms with van der Waals surface area (Å²) in [6, 6.07) is 12.4. The first-order valence-electron chi connectivity index (χ1n) is 8.12. The van der Waals surface area contributed by atoms with Crippen LogP contribution in [0.15, 0.2) is 48.2 Å². The molecule has 2 aromatic rings. The van der Waals surface area contributed by atoms with E-state index in [2.05, 4.69) is 5.32 Å². The van der Waals surface area contributed by atoms with Crippen LogP contribution < -0.4 is 10.2 Å². The van der Waals surface area contributed by atoms with E-state index in [1.165, 1.54) is 11.0 Å². The van der Waals surface area contributed by atoms with E-state index in [0.717, 1.165) is 5.56 Å². The Balaban J connectivity index is 1.94. The maximum atomic E-state index is 12.7. The van der Waals surface area contributed by atoms with Gasteiger partial charge in [-0.05, 0) is 49.3 Å². The van der Waals surface area contributed by atoms with Gasteiger partial charge in [0, 0.05) is 11.6 Å². The maximum Gasteiger partial charge on any atom is 0.281 e.